The molecule has 0 unspecified atom stereocenters. The van der Waals surface area contributed by atoms with Crippen molar-refractivity contribution in [1.29, 1.82) is 0 Å². The van der Waals surface area contributed by atoms with E-state index in [9.17, 15) is 22.4 Å². The van der Waals surface area contributed by atoms with Crippen molar-refractivity contribution < 1.29 is 27.1 Å². The van der Waals surface area contributed by atoms with E-state index in [4.69, 9.17) is 4.74 Å². The number of esters is 1. The molecule has 29 heavy (non-hydrogen) atoms. The molecule has 0 atom stereocenters. The van der Waals surface area contributed by atoms with Crippen molar-refractivity contribution in [2.75, 3.05) is 26.7 Å². The number of hydrogen-bond donors (Lipinski definition) is 0. The molecule has 0 radical (unpaired) electrons. The molecule has 7 nitrogen and oxygen atoms in total. The molecule has 2 aromatic rings. The number of rotatable bonds is 9. The molecule has 1 aromatic heterocycles. The molecule has 0 saturated heterocycles. The van der Waals surface area contributed by atoms with E-state index in [1.165, 1.54) is 16.2 Å². The highest BCUT2D eigenvalue weighted by molar-refractivity contribution is 7.89. The summed E-state index contributed by atoms with van der Waals surface area (Å²) in [4.78, 5) is 26.2. The molecule has 1 aromatic carbocycles. The van der Waals surface area contributed by atoms with Gasteiger partial charge in [-0.1, -0.05) is 19.9 Å². The van der Waals surface area contributed by atoms with Gasteiger partial charge in [-0.3, -0.25) is 4.79 Å². The molecule has 0 spiro atoms. The Balaban J connectivity index is 2.08. The van der Waals surface area contributed by atoms with Gasteiger partial charge in [0, 0.05) is 25.0 Å². The average Bonchev–Trinajstić information content (AvgIpc) is 3.19. The molecule has 158 valence electrons. The molecule has 0 bridgehead atoms. The predicted octanol–water partition coefficient (Wildman–Crippen LogP) is 2.73. The lowest BCUT2D eigenvalue weighted by atomic mass is 10.2. The molecule has 0 aliphatic heterocycles. The summed E-state index contributed by atoms with van der Waals surface area (Å²) in [5.74, 6) is -2.27. The van der Waals surface area contributed by atoms with E-state index in [0.717, 1.165) is 27.4 Å². The lowest BCUT2D eigenvalue weighted by Crippen LogP contribution is -2.31. The Morgan fingerprint density at radius 1 is 1.17 bits per heavy atom. The van der Waals surface area contributed by atoms with Gasteiger partial charge in [-0.05, 0) is 29.6 Å². The quantitative estimate of drug-likeness (QED) is 0.558. The van der Waals surface area contributed by atoms with E-state index >= 15 is 0 Å². The zero-order chi connectivity index (χ0) is 21.6. The first-order valence-electron chi connectivity index (χ1n) is 8.93. The second kappa shape index (κ2) is 9.95. The van der Waals surface area contributed by atoms with Gasteiger partial charge in [-0.25, -0.2) is 17.6 Å². The molecule has 10 heteroatoms. The fraction of sp³-hybridized carbons (Fsp3) is 0.368. The topological polar surface area (TPSA) is 84.0 Å². The van der Waals surface area contributed by atoms with Gasteiger partial charge in [-0.15, -0.1) is 11.3 Å². The van der Waals surface area contributed by atoms with Gasteiger partial charge in [0.15, 0.2) is 6.61 Å². The first-order chi connectivity index (χ1) is 13.7. The number of carbonyl (C=O) groups is 2. The van der Waals surface area contributed by atoms with E-state index in [0.29, 0.717) is 6.54 Å². The Kier molecular flexibility index (Phi) is 7.88. The maximum absolute atomic E-state index is 14.1. The van der Waals surface area contributed by atoms with Crippen LogP contribution in [0.15, 0.2) is 40.6 Å². The van der Waals surface area contributed by atoms with Crippen molar-refractivity contribution in [3.63, 3.8) is 0 Å². The third kappa shape index (κ3) is 5.62. The molecule has 0 aliphatic rings. The number of hydrogen-bond acceptors (Lipinski definition) is 6. The SMILES string of the molecule is CCN(CC)S(=O)(=O)c1cc(C(=O)OCC(=O)N(C)Cc2cccs2)ccc1F. The standard InChI is InChI=1S/C19H23FN2O5S2/c1-4-22(5-2)29(25,26)17-11-14(8-9-16(17)20)19(24)27-13-18(23)21(3)12-15-7-6-10-28-15/h6-11H,4-5,12-13H2,1-3H3. The summed E-state index contributed by atoms with van der Waals surface area (Å²) in [5.41, 5.74) is -0.147. The number of nitrogens with zero attached hydrogens (tertiary/aromatic N) is 2. The number of amides is 1. The van der Waals surface area contributed by atoms with Crippen LogP contribution in [0.5, 0.6) is 0 Å². The lowest BCUT2D eigenvalue weighted by Gasteiger charge is -2.19. The van der Waals surface area contributed by atoms with E-state index in [1.807, 2.05) is 17.5 Å². The van der Waals surface area contributed by atoms with Gasteiger partial charge < -0.3 is 9.64 Å². The average molecular weight is 443 g/mol. The van der Waals surface area contributed by atoms with E-state index in [1.54, 1.807) is 20.9 Å². The summed E-state index contributed by atoms with van der Waals surface area (Å²) < 4.78 is 45.4. The van der Waals surface area contributed by atoms with Crippen LogP contribution in [0, 0.1) is 5.82 Å². The molecule has 0 saturated carbocycles. The smallest absolute Gasteiger partial charge is 0.338 e. The number of ether oxygens (including phenoxy) is 1. The summed E-state index contributed by atoms with van der Waals surface area (Å²) in [6, 6.07) is 6.72. The Morgan fingerprint density at radius 3 is 2.45 bits per heavy atom. The fourth-order valence-corrected chi connectivity index (χ4v) is 4.88. The predicted molar refractivity (Wildman–Crippen MR) is 108 cm³/mol. The van der Waals surface area contributed by atoms with Gasteiger partial charge in [-0.2, -0.15) is 4.31 Å². The summed E-state index contributed by atoms with van der Waals surface area (Å²) in [5, 5.41) is 1.89. The molecule has 2 rings (SSSR count). The second-order valence-corrected chi connectivity index (χ2v) is 9.08. The monoisotopic (exact) mass is 442 g/mol. The number of likely N-dealkylation sites (N-methyl/N-ethyl adjacent to an activating group) is 1. The maximum atomic E-state index is 14.1. The maximum Gasteiger partial charge on any atom is 0.338 e. The van der Waals surface area contributed by atoms with Gasteiger partial charge in [0.1, 0.15) is 10.7 Å². The summed E-state index contributed by atoms with van der Waals surface area (Å²) in [6.45, 7) is 3.48. The van der Waals surface area contributed by atoms with Gasteiger partial charge in [0.05, 0.1) is 12.1 Å². The van der Waals surface area contributed by atoms with Crippen molar-refractivity contribution in [3.05, 3.63) is 52.0 Å². The Bertz CT molecular complexity index is 957. The van der Waals surface area contributed by atoms with Crippen LogP contribution in [0.25, 0.3) is 0 Å². The number of sulfonamides is 1. The molecule has 1 amide bonds. The Morgan fingerprint density at radius 2 is 1.86 bits per heavy atom. The van der Waals surface area contributed by atoms with Crippen LogP contribution in [0.1, 0.15) is 29.1 Å². The van der Waals surface area contributed by atoms with Crippen LogP contribution >= 0.6 is 11.3 Å². The van der Waals surface area contributed by atoms with Gasteiger partial charge in [0.2, 0.25) is 10.0 Å². The Labute approximate surface area is 173 Å². The van der Waals surface area contributed by atoms with E-state index < -0.39 is 39.2 Å². The fourth-order valence-electron chi connectivity index (χ4n) is 2.58. The highest BCUT2D eigenvalue weighted by atomic mass is 32.2. The number of benzene rings is 1. The largest absolute Gasteiger partial charge is 0.452 e. The van der Waals surface area contributed by atoms with Crippen molar-refractivity contribution in [1.82, 2.24) is 9.21 Å². The molecular formula is C19H23FN2O5S2. The summed E-state index contributed by atoms with van der Waals surface area (Å²) >= 11 is 1.50. The van der Waals surface area contributed by atoms with E-state index in [-0.39, 0.29) is 18.7 Å². The first kappa shape index (κ1) is 23.0. The summed E-state index contributed by atoms with van der Waals surface area (Å²) in [7, 11) is -2.50. The third-order valence-electron chi connectivity index (χ3n) is 4.22. The van der Waals surface area contributed by atoms with Crippen LogP contribution in [-0.4, -0.2) is 56.2 Å². The number of thiophene rings is 1. The van der Waals surface area contributed by atoms with Crippen molar-refractivity contribution in [3.8, 4) is 0 Å². The third-order valence-corrected chi connectivity index (χ3v) is 7.14. The first-order valence-corrected chi connectivity index (χ1v) is 11.3. The van der Waals surface area contributed by atoms with Crippen LogP contribution in [0.2, 0.25) is 0 Å². The summed E-state index contributed by atoms with van der Waals surface area (Å²) in [6.07, 6.45) is 0. The second-order valence-electron chi connectivity index (χ2n) is 6.14. The van der Waals surface area contributed by atoms with Gasteiger partial charge >= 0.3 is 5.97 Å². The van der Waals surface area contributed by atoms with Crippen LogP contribution in [0.4, 0.5) is 4.39 Å². The molecule has 0 aliphatic carbocycles. The lowest BCUT2D eigenvalue weighted by molar-refractivity contribution is -0.133. The van der Waals surface area contributed by atoms with Crippen molar-refractivity contribution >= 4 is 33.2 Å². The number of halogens is 1. The minimum Gasteiger partial charge on any atom is -0.452 e. The molecule has 0 N–H and O–H groups in total. The zero-order valence-corrected chi connectivity index (χ0v) is 18.1. The highest BCUT2D eigenvalue weighted by Gasteiger charge is 2.27. The van der Waals surface area contributed by atoms with Gasteiger partial charge in [0.25, 0.3) is 5.91 Å². The minimum atomic E-state index is -4.09. The van der Waals surface area contributed by atoms with E-state index in [2.05, 4.69) is 0 Å². The zero-order valence-electron chi connectivity index (χ0n) is 16.4. The molecular weight excluding hydrogens is 419 g/mol. The highest BCUT2D eigenvalue weighted by Crippen LogP contribution is 2.21. The van der Waals surface area contributed by atoms with Crippen LogP contribution in [-0.2, 0) is 26.1 Å². The normalized spacial score (nSPS) is 11.5. The Hall–Kier alpha value is -2.30. The number of carbonyl (C=O) groups excluding carboxylic acids is 2. The van der Waals surface area contributed by atoms with Crippen molar-refractivity contribution in [2.24, 2.45) is 0 Å². The van der Waals surface area contributed by atoms with Crippen LogP contribution < -0.4 is 0 Å². The minimum absolute atomic E-state index is 0.147. The van der Waals surface area contributed by atoms with Crippen molar-refractivity contribution in [2.45, 2.75) is 25.3 Å². The molecule has 1 heterocycles. The van der Waals surface area contributed by atoms with Crippen LogP contribution in [0.3, 0.4) is 0 Å². The molecule has 0 fully saturated rings.